The van der Waals surface area contributed by atoms with Crippen LogP contribution in [0.25, 0.3) is 0 Å². The highest BCUT2D eigenvalue weighted by molar-refractivity contribution is 14.0. The van der Waals surface area contributed by atoms with Gasteiger partial charge in [0.15, 0.2) is 5.96 Å². The Morgan fingerprint density at radius 1 is 1.08 bits per heavy atom. The molecule has 3 nitrogen and oxygen atoms in total. The molecule has 0 aromatic heterocycles. The normalized spacial score (nSPS) is 13.9. The molecule has 140 valence electrons. The number of hydrogen-bond acceptors (Lipinski definition) is 1. The van der Waals surface area contributed by atoms with Crippen LogP contribution in [-0.4, -0.2) is 5.96 Å². The second kappa shape index (κ2) is 8.24. The van der Waals surface area contributed by atoms with Gasteiger partial charge in [-0.05, 0) is 60.2 Å². The van der Waals surface area contributed by atoms with E-state index in [1.165, 1.54) is 11.1 Å². The van der Waals surface area contributed by atoms with Crippen molar-refractivity contribution in [2.75, 3.05) is 5.32 Å². The summed E-state index contributed by atoms with van der Waals surface area (Å²) in [6.45, 7) is -0.293. The highest BCUT2D eigenvalue weighted by atomic mass is 127. The minimum absolute atomic E-state index is 0. The lowest BCUT2D eigenvalue weighted by molar-refractivity contribution is -0.138. The molecule has 1 aliphatic rings. The van der Waals surface area contributed by atoms with Gasteiger partial charge in [-0.1, -0.05) is 12.1 Å². The van der Waals surface area contributed by atoms with Gasteiger partial charge in [-0.2, -0.15) is 13.2 Å². The third-order valence-electron chi connectivity index (χ3n) is 4.17. The lowest BCUT2D eigenvalue weighted by atomic mass is 10.1. The number of nitrogens with zero attached hydrogens (tertiary/aromatic N) is 1. The van der Waals surface area contributed by atoms with Crippen molar-refractivity contribution in [1.29, 1.82) is 0 Å². The summed E-state index contributed by atoms with van der Waals surface area (Å²) < 4.78 is 52.0. The van der Waals surface area contributed by atoms with Crippen LogP contribution in [-0.2, 0) is 25.6 Å². The fourth-order valence-electron chi connectivity index (χ4n) is 2.96. The van der Waals surface area contributed by atoms with Crippen molar-refractivity contribution in [1.82, 2.24) is 0 Å². The zero-order chi connectivity index (χ0) is 18.0. The largest absolute Gasteiger partial charge is 0.416 e. The molecule has 0 aliphatic heterocycles. The topological polar surface area (TPSA) is 50.4 Å². The molecule has 3 N–H and O–H groups in total. The molecule has 0 amide bonds. The number of nitrogens with two attached hydrogens (primary N) is 1. The number of guanidine groups is 1. The van der Waals surface area contributed by atoms with Crippen LogP contribution in [0, 0.1) is 5.82 Å². The summed E-state index contributed by atoms with van der Waals surface area (Å²) >= 11 is 0. The summed E-state index contributed by atoms with van der Waals surface area (Å²) in [7, 11) is 0. The number of aliphatic imine (C=N–C) groups is 1. The average molecular weight is 479 g/mol. The molecule has 26 heavy (non-hydrogen) atoms. The molecule has 0 radical (unpaired) electrons. The number of nitrogens with one attached hydrogen (secondary N) is 1. The van der Waals surface area contributed by atoms with E-state index in [2.05, 4.69) is 10.3 Å². The minimum Gasteiger partial charge on any atom is -0.370 e. The van der Waals surface area contributed by atoms with Crippen molar-refractivity contribution in [3.05, 3.63) is 64.5 Å². The maximum atomic E-state index is 13.1. The van der Waals surface area contributed by atoms with E-state index in [0.717, 1.165) is 37.1 Å². The van der Waals surface area contributed by atoms with Gasteiger partial charge in [0.2, 0.25) is 0 Å². The Labute approximate surface area is 165 Å². The van der Waals surface area contributed by atoms with Gasteiger partial charge in [0, 0.05) is 5.69 Å². The first-order valence-electron chi connectivity index (χ1n) is 7.87. The molecule has 0 heterocycles. The number of rotatable bonds is 3. The second-order valence-electron chi connectivity index (χ2n) is 5.96. The van der Waals surface area contributed by atoms with E-state index in [-0.39, 0.29) is 42.0 Å². The molecule has 2 aromatic rings. The summed E-state index contributed by atoms with van der Waals surface area (Å²) in [5.41, 5.74) is 7.90. The maximum Gasteiger partial charge on any atom is 0.416 e. The first-order chi connectivity index (χ1) is 11.8. The molecule has 0 bridgehead atoms. The Morgan fingerprint density at radius 2 is 1.81 bits per heavy atom. The summed E-state index contributed by atoms with van der Waals surface area (Å²) in [6.07, 6.45) is -1.46. The Kier molecular flexibility index (Phi) is 6.48. The van der Waals surface area contributed by atoms with Crippen LogP contribution in [0.3, 0.4) is 0 Å². The fourth-order valence-corrected chi connectivity index (χ4v) is 2.96. The molecule has 1 aliphatic carbocycles. The van der Waals surface area contributed by atoms with Crippen LogP contribution >= 0.6 is 24.0 Å². The molecule has 0 spiro atoms. The first kappa shape index (κ1) is 20.5. The molecule has 0 unspecified atom stereocenters. The highest BCUT2D eigenvalue weighted by Gasteiger charge is 2.33. The van der Waals surface area contributed by atoms with Gasteiger partial charge in [0.1, 0.15) is 5.82 Å². The lowest BCUT2D eigenvalue weighted by Crippen LogP contribution is -2.23. The van der Waals surface area contributed by atoms with E-state index in [4.69, 9.17) is 5.73 Å². The van der Waals surface area contributed by atoms with Crippen molar-refractivity contribution in [3.63, 3.8) is 0 Å². The smallest absolute Gasteiger partial charge is 0.370 e. The number of halogens is 5. The SMILES string of the molecule is I.NC(=NCc1ccc(F)cc1C(F)(F)F)Nc1ccc2c(c1)CCC2. The van der Waals surface area contributed by atoms with Crippen molar-refractivity contribution in [3.8, 4) is 0 Å². The summed E-state index contributed by atoms with van der Waals surface area (Å²) in [4.78, 5) is 3.95. The van der Waals surface area contributed by atoms with Gasteiger partial charge in [0.05, 0.1) is 12.1 Å². The van der Waals surface area contributed by atoms with E-state index in [0.29, 0.717) is 6.07 Å². The van der Waals surface area contributed by atoms with Crippen LogP contribution in [0.15, 0.2) is 41.4 Å². The van der Waals surface area contributed by atoms with E-state index in [1.54, 1.807) is 0 Å². The van der Waals surface area contributed by atoms with Gasteiger partial charge in [-0.3, -0.25) is 0 Å². The maximum absolute atomic E-state index is 13.1. The van der Waals surface area contributed by atoms with Crippen LogP contribution < -0.4 is 11.1 Å². The van der Waals surface area contributed by atoms with E-state index in [1.807, 2.05) is 18.2 Å². The number of anilines is 1. The van der Waals surface area contributed by atoms with E-state index < -0.39 is 17.6 Å². The third-order valence-corrected chi connectivity index (χ3v) is 4.17. The van der Waals surface area contributed by atoms with Gasteiger partial charge in [0.25, 0.3) is 0 Å². The fraction of sp³-hybridized carbons (Fsp3) is 0.278. The predicted octanol–water partition coefficient (Wildman–Crippen LogP) is 4.88. The standard InChI is InChI=1S/C18H17F4N3.HI/c19-14-6-4-13(16(9-14)18(20,21)22)10-24-17(23)25-15-7-5-11-2-1-3-12(11)8-15;/h4-9H,1-3,10H2,(H3,23,24,25);1H. The van der Waals surface area contributed by atoms with Crippen molar-refractivity contribution < 1.29 is 17.6 Å². The Balaban J connectivity index is 0.00000243. The number of fused-ring (bicyclic) bond motifs is 1. The quantitative estimate of drug-likeness (QED) is 0.286. The van der Waals surface area contributed by atoms with Crippen LogP contribution in [0.1, 0.15) is 28.7 Å². The van der Waals surface area contributed by atoms with Gasteiger partial charge in [-0.25, -0.2) is 9.38 Å². The molecular weight excluding hydrogens is 461 g/mol. The molecule has 0 saturated carbocycles. The van der Waals surface area contributed by atoms with Crippen LogP contribution in [0.4, 0.5) is 23.2 Å². The monoisotopic (exact) mass is 479 g/mol. The molecule has 0 atom stereocenters. The molecule has 8 heteroatoms. The molecular formula is C18H18F4IN3. The Bertz CT molecular complexity index is 819. The van der Waals surface area contributed by atoms with E-state index in [9.17, 15) is 17.6 Å². The summed E-state index contributed by atoms with van der Waals surface area (Å²) in [5, 5.41) is 2.88. The third kappa shape index (κ3) is 4.87. The lowest BCUT2D eigenvalue weighted by Gasteiger charge is -2.12. The number of alkyl halides is 3. The molecule has 0 fully saturated rings. The van der Waals surface area contributed by atoms with Gasteiger partial charge >= 0.3 is 6.18 Å². The first-order valence-corrected chi connectivity index (χ1v) is 7.87. The van der Waals surface area contributed by atoms with E-state index >= 15 is 0 Å². The van der Waals surface area contributed by atoms with Crippen molar-refractivity contribution in [2.45, 2.75) is 32.0 Å². The van der Waals surface area contributed by atoms with Crippen LogP contribution in [0.5, 0.6) is 0 Å². The minimum atomic E-state index is -4.64. The summed E-state index contributed by atoms with van der Waals surface area (Å²) in [5.74, 6) is -0.931. The average Bonchev–Trinajstić information content (AvgIpc) is 3.00. The van der Waals surface area contributed by atoms with Crippen LogP contribution in [0.2, 0.25) is 0 Å². The van der Waals surface area contributed by atoms with Crippen molar-refractivity contribution in [2.24, 2.45) is 10.7 Å². The van der Waals surface area contributed by atoms with Crippen molar-refractivity contribution >= 4 is 35.6 Å². The van der Waals surface area contributed by atoms with Gasteiger partial charge < -0.3 is 11.1 Å². The highest BCUT2D eigenvalue weighted by Crippen LogP contribution is 2.33. The molecule has 0 saturated heterocycles. The Morgan fingerprint density at radius 3 is 2.54 bits per heavy atom. The summed E-state index contributed by atoms with van der Waals surface area (Å²) in [6, 6.07) is 8.37. The zero-order valence-corrected chi connectivity index (χ0v) is 16.1. The number of aryl methyl sites for hydroxylation is 2. The molecule has 3 rings (SSSR count). The second-order valence-corrected chi connectivity index (χ2v) is 5.96. The Hall–Kier alpha value is -1.84. The predicted molar refractivity (Wildman–Crippen MR) is 104 cm³/mol. The zero-order valence-electron chi connectivity index (χ0n) is 13.7. The number of hydrogen-bond donors (Lipinski definition) is 2. The molecule has 2 aromatic carbocycles. The van der Waals surface area contributed by atoms with Gasteiger partial charge in [-0.15, -0.1) is 24.0 Å². The number of benzene rings is 2.